The highest BCUT2D eigenvalue weighted by Gasteiger charge is 2.64. The Morgan fingerprint density at radius 1 is 1.30 bits per heavy atom. The minimum atomic E-state index is -2.13. The average Bonchev–Trinajstić information content (AvgIpc) is 3.22. The lowest BCUT2D eigenvalue weighted by atomic mass is 9.79. The van der Waals surface area contributed by atoms with Gasteiger partial charge in [-0.2, -0.15) is 0 Å². The Kier molecular flexibility index (Phi) is 5.68. The minimum absolute atomic E-state index is 0.269. The van der Waals surface area contributed by atoms with Crippen LogP contribution in [0.5, 0.6) is 0 Å². The van der Waals surface area contributed by atoms with Crippen LogP contribution in [0, 0.1) is 0 Å². The number of hydrogen-bond acceptors (Lipinski definition) is 8. The highest BCUT2D eigenvalue weighted by molar-refractivity contribution is 5.94. The third-order valence-electron chi connectivity index (χ3n) is 6.07. The van der Waals surface area contributed by atoms with Gasteiger partial charge in [-0.05, 0) is 52.2 Å². The largest absolute Gasteiger partial charge is 0.454 e. The maximum atomic E-state index is 12.9. The van der Waals surface area contributed by atoms with Crippen LogP contribution in [-0.4, -0.2) is 58.6 Å². The second-order valence-corrected chi connectivity index (χ2v) is 8.35. The van der Waals surface area contributed by atoms with E-state index in [1.807, 2.05) is 13.0 Å². The summed E-state index contributed by atoms with van der Waals surface area (Å²) in [5.41, 5.74) is -2.13. The van der Waals surface area contributed by atoms with E-state index in [-0.39, 0.29) is 11.7 Å². The fraction of sp³-hybridized carbons (Fsp3) is 0.591. The van der Waals surface area contributed by atoms with Crippen molar-refractivity contribution in [2.45, 2.75) is 83.1 Å². The van der Waals surface area contributed by atoms with Crippen molar-refractivity contribution < 1.29 is 38.4 Å². The molecular formula is C22H28O8. The molecule has 1 N–H and O–H groups in total. The summed E-state index contributed by atoms with van der Waals surface area (Å²) in [4.78, 5) is 37.1. The number of esters is 3. The third-order valence-corrected chi connectivity index (χ3v) is 6.07. The van der Waals surface area contributed by atoms with Gasteiger partial charge >= 0.3 is 17.9 Å². The number of ether oxygens (including phenoxy) is 4. The molecule has 2 heterocycles. The molecule has 6 atom stereocenters. The van der Waals surface area contributed by atoms with Crippen LogP contribution in [-0.2, 0) is 33.3 Å². The van der Waals surface area contributed by atoms with Crippen molar-refractivity contribution in [3.63, 3.8) is 0 Å². The van der Waals surface area contributed by atoms with E-state index in [2.05, 4.69) is 6.58 Å². The summed E-state index contributed by atoms with van der Waals surface area (Å²) in [6.45, 7) is 11.8. The summed E-state index contributed by atoms with van der Waals surface area (Å²) in [6, 6.07) is 0. The van der Waals surface area contributed by atoms with Crippen molar-refractivity contribution in [2.75, 3.05) is 0 Å². The molecule has 3 rings (SSSR count). The van der Waals surface area contributed by atoms with E-state index >= 15 is 0 Å². The Labute approximate surface area is 175 Å². The molecular weight excluding hydrogens is 392 g/mol. The minimum Gasteiger partial charge on any atom is -0.454 e. The van der Waals surface area contributed by atoms with E-state index in [4.69, 9.17) is 18.9 Å². The van der Waals surface area contributed by atoms with Gasteiger partial charge in [-0.3, -0.25) is 4.79 Å². The molecule has 164 valence electrons. The van der Waals surface area contributed by atoms with Gasteiger partial charge < -0.3 is 24.1 Å². The van der Waals surface area contributed by atoms with Crippen LogP contribution in [0.1, 0.15) is 47.5 Å². The van der Waals surface area contributed by atoms with Crippen molar-refractivity contribution in [3.8, 4) is 0 Å². The molecule has 0 saturated carbocycles. The SMILES string of the molecule is C=C1C(=O)OC2/C=C(\C)CC/C=C(\C)[C@H](OC(C)=O)[C@H](OC(=O)[C@]3(C)O[C@@H]3C)[C@]12O. The molecule has 0 bridgehead atoms. The Morgan fingerprint density at radius 2 is 1.93 bits per heavy atom. The fourth-order valence-electron chi connectivity index (χ4n) is 3.83. The van der Waals surface area contributed by atoms with Gasteiger partial charge in [-0.15, -0.1) is 0 Å². The van der Waals surface area contributed by atoms with Crippen molar-refractivity contribution in [1.29, 1.82) is 0 Å². The summed E-state index contributed by atoms with van der Waals surface area (Å²) in [5.74, 6) is -2.17. The van der Waals surface area contributed by atoms with E-state index in [1.165, 1.54) is 6.92 Å². The van der Waals surface area contributed by atoms with Gasteiger partial charge in [0.25, 0.3) is 0 Å². The normalized spacial score (nSPS) is 42.1. The van der Waals surface area contributed by atoms with Crippen molar-refractivity contribution in [1.82, 2.24) is 0 Å². The number of epoxide rings is 1. The Balaban J connectivity index is 2.13. The van der Waals surface area contributed by atoms with E-state index in [1.54, 1.807) is 26.8 Å². The van der Waals surface area contributed by atoms with Crippen LogP contribution in [0.4, 0.5) is 0 Å². The fourth-order valence-corrected chi connectivity index (χ4v) is 3.83. The Bertz CT molecular complexity index is 855. The number of aliphatic hydroxyl groups is 1. The first-order valence-corrected chi connectivity index (χ1v) is 9.94. The molecule has 0 aromatic rings. The lowest BCUT2D eigenvalue weighted by Crippen LogP contribution is -2.58. The standard InChI is InChI=1S/C22H28O8/c1-11-8-7-9-12(2)17(27-15(5)23)18(29-20(25)21(6)14(4)30-21)22(26)13(3)19(24)28-16(22)10-11/h9-10,14,16-18,26H,3,7-8H2,1-2,4-6H3/b11-10+,12-9+/t14-,16?,17+,18+,21-,22+/m1/s1. The maximum Gasteiger partial charge on any atom is 0.341 e. The highest BCUT2D eigenvalue weighted by atomic mass is 16.7. The molecule has 0 aromatic carbocycles. The van der Waals surface area contributed by atoms with Gasteiger partial charge in [-0.1, -0.05) is 18.2 Å². The average molecular weight is 420 g/mol. The molecule has 2 saturated heterocycles. The summed E-state index contributed by atoms with van der Waals surface area (Å²) in [5, 5.41) is 11.7. The van der Waals surface area contributed by atoms with Crippen LogP contribution in [0.3, 0.4) is 0 Å². The van der Waals surface area contributed by atoms with Crippen LogP contribution < -0.4 is 0 Å². The molecule has 30 heavy (non-hydrogen) atoms. The molecule has 0 radical (unpaired) electrons. The predicted octanol–water partition coefficient (Wildman–Crippen LogP) is 1.91. The number of carbonyl (C=O) groups excluding carboxylic acids is 3. The van der Waals surface area contributed by atoms with E-state index in [9.17, 15) is 19.5 Å². The summed E-state index contributed by atoms with van der Waals surface area (Å²) in [7, 11) is 0. The lowest BCUT2D eigenvalue weighted by molar-refractivity contribution is -0.190. The van der Waals surface area contributed by atoms with Crippen LogP contribution in [0.15, 0.2) is 35.5 Å². The van der Waals surface area contributed by atoms with E-state index in [0.29, 0.717) is 18.4 Å². The van der Waals surface area contributed by atoms with Gasteiger partial charge in [0, 0.05) is 6.92 Å². The summed E-state index contributed by atoms with van der Waals surface area (Å²) < 4.78 is 21.9. The Morgan fingerprint density at radius 3 is 2.50 bits per heavy atom. The monoisotopic (exact) mass is 420 g/mol. The quantitative estimate of drug-likeness (QED) is 0.242. The first kappa shape index (κ1) is 22.2. The van der Waals surface area contributed by atoms with E-state index in [0.717, 1.165) is 5.57 Å². The van der Waals surface area contributed by atoms with Gasteiger partial charge in [-0.25, -0.2) is 9.59 Å². The van der Waals surface area contributed by atoms with Crippen molar-refractivity contribution >= 4 is 17.9 Å². The molecule has 1 unspecified atom stereocenters. The molecule has 2 aliphatic heterocycles. The molecule has 0 aromatic heterocycles. The number of allylic oxidation sites excluding steroid dienone is 2. The van der Waals surface area contributed by atoms with Crippen molar-refractivity contribution in [3.05, 3.63) is 35.5 Å². The van der Waals surface area contributed by atoms with Crippen LogP contribution in [0.25, 0.3) is 0 Å². The first-order valence-electron chi connectivity index (χ1n) is 9.94. The number of carbonyl (C=O) groups is 3. The highest BCUT2D eigenvalue weighted by Crippen LogP contribution is 2.43. The number of fused-ring (bicyclic) bond motifs is 1. The van der Waals surface area contributed by atoms with Gasteiger partial charge in [0.2, 0.25) is 0 Å². The number of hydrogen-bond donors (Lipinski definition) is 1. The zero-order valence-corrected chi connectivity index (χ0v) is 17.9. The van der Waals surface area contributed by atoms with E-state index < -0.39 is 47.4 Å². The smallest absolute Gasteiger partial charge is 0.341 e. The summed E-state index contributed by atoms with van der Waals surface area (Å²) in [6.07, 6.45) is 0.621. The second kappa shape index (κ2) is 7.67. The third kappa shape index (κ3) is 3.70. The second-order valence-electron chi connectivity index (χ2n) is 8.35. The van der Waals surface area contributed by atoms with Crippen LogP contribution in [0.2, 0.25) is 0 Å². The first-order chi connectivity index (χ1) is 13.9. The topological polar surface area (TPSA) is 112 Å². The molecule has 2 fully saturated rings. The molecule has 1 aliphatic carbocycles. The number of rotatable bonds is 3. The summed E-state index contributed by atoms with van der Waals surface area (Å²) >= 11 is 0. The van der Waals surface area contributed by atoms with Crippen molar-refractivity contribution in [2.24, 2.45) is 0 Å². The van der Waals surface area contributed by atoms with Gasteiger partial charge in [0.1, 0.15) is 0 Å². The molecule has 0 spiro atoms. The molecule has 0 amide bonds. The zero-order chi connectivity index (χ0) is 22.4. The Hall–Kier alpha value is -2.45. The van der Waals surface area contributed by atoms with Crippen LogP contribution >= 0.6 is 0 Å². The lowest BCUT2D eigenvalue weighted by Gasteiger charge is -2.39. The maximum absolute atomic E-state index is 12.9. The van der Waals surface area contributed by atoms with Gasteiger partial charge in [0.15, 0.2) is 29.5 Å². The molecule has 8 heteroatoms. The predicted molar refractivity (Wildman–Crippen MR) is 105 cm³/mol. The molecule has 8 nitrogen and oxygen atoms in total. The zero-order valence-electron chi connectivity index (χ0n) is 17.9. The van der Waals surface area contributed by atoms with Gasteiger partial charge in [0.05, 0.1) is 11.7 Å². The molecule has 3 aliphatic rings.